The summed E-state index contributed by atoms with van der Waals surface area (Å²) in [6.07, 6.45) is 1.37. The molecule has 1 fully saturated rings. The van der Waals surface area contributed by atoms with E-state index in [1.54, 1.807) is 18.2 Å². The zero-order chi connectivity index (χ0) is 21.3. The Morgan fingerprint density at radius 2 is 1.93 bits per heavy atom. The third-order valence-electron chi connectivity index (χ3n) is 4.04. The molecule has 0 unspecified atom stereocenters. The fraction of sp³-hybridized carbons (Fsp3) is 0.105. The SMILES string of the molecule is COc1cc(C=C2SC(=O)N(Cc3ccc(Cl)c(Cl)c3)C2=O)cc(C(=O)O)c1O. The number of carboxylic acid groups (broad SMARTS) is 1. The van der Waals surface area contributed by atoms with E-state index in [4.69, 9.17) is 27.9 Å². The molecule has 1 aliphatic rings. The lowest BCUT2D eigenvalue weighted by atomic mass is 10.1. The van der Waals surface area contributed by atoms with Gasteiger partial charge in [0.15, 0.2) is 11.5 Å². The van der Waals surface area contributed by atoms with Crippen molar-refractivity contribution in [3.05, 3.63) is 62.0 Å². The lowest BCUT2D eigenvalue weighted by molar-refractivity contribution is -0.123. The van der Waals surface area contributed by atoms with Crippen molar-refractivity contribution in [1.29, 1.82) is 0 Å². The lowest BCUT2D eigenvalue weighted by Crippen LogP contribution is -2.27. The standard InChI is InChI=1S/C19H13Cl2NO6S/c1-28-14-6-10(4-11(16(14)23)18(25)26)7-15-17(24)22(19(27)29-15)8-9-2-3-12(20)13(21)5-9/h2-7,23H,8H2,1H3,(H,25,26). The van der Waals surface area contributed by atoms with Crippen molar-refractivity contribution in [2.24, 2.45) is 0 Å². The van der Waals surface area contributed by atoms with Crippen molar-refractivity contribution in [3.63, 3.8) is 0 Å². The maximum atomic E-state index is 12.7. The van der Waals surface area contributed by atoms with E-state index in [1.165, 1.54) is 25.3 Å². The summed E-state index contributed by atoms with van der Waals surface area (Å²) in [6.45, 7) is 0.0121. The van der Waals surface area contributed by atoms with Gasteiger partial charge in [-0.05, 0) is 53.2 Å². The fourth-order valence-corrected chi connectivity index (χ4v) is 3.80. The Bertz CT molecular complexity index is 1070. The number of aromatic carboxylic acids is 1. The van der Waals surface area contributed by atoms with Crippen LogP contribution in [0.2, 0.25) is 10.0 Å². The summed E-state index contributed by atoms with van der Waals surface area (Å²) in [5, 5.41) is 19.3. The first-order valence-electron chi connectivity index (χ1n) is 8.05. The van der Waals surface area contributed by atoms with E-state index in [0.717, 1.165) is 16.7 Å². The highest BCUT2D eigenvalue weighted by atomic mass is 35.5. The molecule has 10 heteroatoms. The number of ether oxygens (including phenoxy) is 1. The van der Waals surface area contributed by atoms with Crippen molar-refractivity contribution in [3.8, 4) is 11.5 Å². The second kappa shape index (κ2) is 8.36. The highest BCUT2D eigenvalue weighted by Crippen LogP contribution is 2.37. The molecule has 1 aliphatic heterocycles. The van der Waals surface area contributed by atoms with Gasteiger partial charge in [0, 0.05) is 0 Å². The molecule has 29 heavy (non-hydrogen) atoms. The molecule has 1 heterocycles. The third kappa shape index (κ3) is 4.34. The van der Waals surface area contributed by atoms with Crippen molar-refractivity contribution in [2.75, 3.05) is 7.11 Å². The number of rotatable bonds is 5. The Morgan fingerprint density at radius 3 is 2.55 bits per heavy atom. The normalized spacial score (nSPS) is 15.3. The molecular formula is C19H13Cl2NO6S. The van der Waals surface area contributed by atoms with Gasteiger partial charge in [0.05, 0.1) is 28.6 Å². The number of methoxy groups -OCH3 is 1. The fourth-order valence-electron chi connectivity index (χ4n) is 2.64. The molecule has 0 spiro atoms. The molecule has 3 rings (SSSR count). The minimum atomic E-state index is -1.36. The Morgan fingerprint density at radius 1 is 1.21 bits per heavy atom. The molecule has 7 nitrogen and oxygen atoms in total. The maximum Gasteiger partial charge on any atom is 0.339 e. The van der Waals surface area contributed by atoms with Crippen LogP contribution in [-0.4, -0.2) is 39.3 Å². The van der Waals surface area contributed by atoms with Crippen LogP contribution in [0, 0.1) is 0 Å². The molecule has 150 valence electrons. The molecule has 2 aromatic carbocycles. The average Bonchev–Trinajstić information content (AvgIpc) is 2.93. The van der Waals surface area contributed by atoms with E-state index in [0.29, 0.717) is 15.6 Å². The molecule has 1 saturated heterocycles. The molecular weight excluding hydrogens is 441 g/mol. The number of carboxylic acids is 1. The van der Waals surface area contributed by atoms with Gasteiger partial charge in [-0.3, -0.25) is 14.5 Å². The summed E-state index contributed by atoms with van der Waals surface area (Å²) < 4.78 is 4.97. The van der Waals surface area contributed by atoms with Gasteiger partial charge in [0.1, 0.15) is 5.56 Å². The monoisotopic (exact) mass is 453 g/mol. The number of thioether (sulfide) groups is 1. The number of hydrogen-bond donors (Lipinski definition) is 2. The van der Waals surface area contributed by atoms with Gasteiger partial charge in [-0.1, -0.05) is 29.3 Å². The van der Waals surface area contributed by atoms with Crippen LogP contribution in [0.25, 0.3) is 6.08 Å². The van der Waals surface area contributed by atoms with Gasteiger partial charge >= 0.3 is 5.97 Å². The van der Waals surface area contributed by atoms with Gasteiger partial charge in [-0.2, -0.15) is 0 Å². The van der Waals surface area contributed by atoms with E-state index in [9.17, 15) is 24.6 Å². The molecule has 2 N–H and O–H groups in total. The van der Waals surface area contributed by atoms with Crippen LogP contribution in [0.5, 0.6) is 11.5 Å². The van der Waals surface area contributed by atoms with Crippen LogP contribution in [0.15, 0.2) is 35.2 Å². The van der Waals surface area contributed by atoms with Crippen LogP contribution in [-0.2, 0) is 11.3 Å². The number of nitrogens with zero attached hydrogens (tertiary/aromatic N) is 1. The minimum absolute atomic E-state index is 0.0121. The van der Waals surface area contributed by atoms with Crippen molar-refractivity contribution in [2.45, 2.75) is 6.54 Å². The summed E-state index contributed by atoms with van der Waals surface area (Å²) in [4.78, 5) is 37.4. The molecule has 0 saturated carbocycles. The van der Waals surface area contributed by atoms with Gasteiger partial charge in [-0.15, -0.1) is 0 Å². The number of phenols is 1. The Hall–Kier alpha value is -2.68. The summed E-state index contributed by atoms with van der Waals surface area (Å²) in [5.74, 6) is -2.48. The van der Waals surface area contributed by atoms with E-state index < -0.39 is 22.9 Å². The van der Waals surface area contributed by atoms with Crippen molar-refractivity contribution >= 4 is 58.2 Å². The van der Waals surface area contributed by atoms with Gasteiger partial charge < -0.3 is 14.9 Å². The summed E-state index contributed by atoms with van der Waals surface area (Å²) >= 11 is 12.6. The number of carbonyl (C=O) groups excluding carboxylic acids is 2. The van der Waals surface area contributed by atoms with Gasteiger partial charge in [-0.25, -0.2) is 4.79 Å². The van der Waals surface area contributed by atoms with Gasteiger partial charge in [0.2, 0.25) is 0 Å². The van der Waals surface area contributed by atoms with Crippen LogP contribution in [0.1, 0.15) is 21.5 Å². The van der Waals surface area contributed by atoms with Crippen LogP contribution in [0.4, 0.5) is 4.79 Å². The van der Waals surface area contributed by atoms with E-state index in [-0.39, 0.29) is 28.3 Å². The molecule has 0 radical (unpaired) electrons. The third-order valence-corrected chi connectivity index (χ3v) is 5.69. The highest BCUT2D eigenvalue weighted by molar-refractivity contribution is 8.18. The molecule has 2 amide bonds. The zero-order valence-corrected chi connectivity index (χ0v) is 17.1. The predicted octanol–water partition coefficient (Wildman–Crippen LogP) is 4.64. The van der Waals surface area contributed by atoms with Crippen molar-refractivity contribution < 1.29 is 29.3 Å². The molecule has 2 aromatic rings. The highest BCUT2D eigenvalue weighted by Gasteiger charge is 2.35. The quantitative estimate of drug-likeness (QED) is 0.635. The van der Waals surface area contributed by atoms with E-state index >= 15 is 0 Å². The van der Waals surface area contributed by atoms with Crippen LogP contribution >= 0.6 is 35.0 Å². The topological polar surface area (TPSA) is 104 Å². The van der Waals surface area contributed by atoms with Crippen LogP contribution < -0.4 is 4.74 Å². The first kappa shape index (κ1) is 21.0. The minimum Gasteiger partial charge on any atom is -0.504 e. The largest absolute Gasteiger partial charge is 0.504 e. The number of amides is 2. The first-order chi connectivity index (χ1) is 13.7. The number of halogens is 2. The smallest absolute Gasteiger partial charge is 0.339 e. The second-order valence-corrected chi connectivity index (χ2v) is 7.75. The second-order valence-electron chi connectivity index (χ2n) is 5.94. The van der Waals surface area contributed by atoms with Gasteiger partial charge in [0.25, 0.3) is 11.1 Å². The number of aromatic hydroxyl groups is 1. The summed E-state index contributed by atoms with van der Waals surface area (Å²) in [6, 6.07) is 7.36. The Labute approximate surface area is 179 Å². The summed E-state index contributed by atoms with van der Waals surface area (Å²) in [7, 11) is 1.27. The Kier molecular flexibility index (Phi) is 6.07. The number of carbonyl (C=O) groups is 3. The molecule has 0 atom stereocenters. The average molecular weight is 454 g/mol. The van der Waals surface area contributed by atoms with Crippen molar-refractivity contribution in [1.82, 2.24) is 4.90 Å². The summed E-state index contributed by atoms with van der Waals surface area (Å²) in [5.41, 5.74) is 0.533. The zero-order valence-electron chi connectivity index (χ0n) is 14.8. The number of benzene rings is 2. The van der Waals surface area contributed by atoms with Crippen LogP contribution in [0.3, 0.4) is 0 Å². The molecule has 0 aromatic heterocycles. The lowest BCUT2D eigenvalue weighted by Gasteiger charge is -2.13. The number of imide groups is 1. The van der Waals surface area contributed by atoms with E-state index in [2.05, 4.69) is 0 Å². The first-order valence-corrected chi connectivity index (χ1v) is 9.62. The Balaban J connectivity index is 1.91. The predicted molar refractivity (Wildman–Crippen MR) is 110 cm³/mol. The molecule has 0 aliphatic carbocycles. The number of hydrogen-bond acceptors (Lipinski definition) is 6. The molecule has 0 bridgehead atoms. The maximum absolute atomic E-state index is 12.7. The van der Waals surface area contributed by atoms with E-state index in [1.807, 2.05) is 0 Å².